The molecule has 1 unspecified atom stereocenters. The molecule has 294 valence electrons. The molecule has 8 rings (SSSR count). The smallest absolute Gasteiger partial charge is 0.318 e. The SMILES string of the molecule is C#Cc1c(F)ccc2cc(O)cc(N3CCc4c(nc(OC[C@]5(C(C)(C)C#N)C[C@@H](F)CN5C5CCOCC5)nc4N4C[C@@H]5CC(C)[C@H](C4)N5C(=O)C=C)C3)c12. The summed E-state index contributed by atoms with van der Waals surface area (Å²) in [5, 5.41) is 22.5. The van der Waals surface area contributed by atoms with Crippen LogP contribution in [0, 0.1) is 40.8 Å². The molecule has 4 saturated heterocycles. The Labute approximate surface area is 326 Å². The van der Waals surface area contributed by atoms with Crippen molar-refractivity contribution in [2.75, 3.05) is 55.8 Å². The highest BCUT2D eigenvalue weighted by Gasteiger charge is 2.58. The Morgan fingerprint density at radius 2 is 1.98 bits per heavy atom. The van der Waals surface area contributed by atoms with Gasteiger partial charge in [-0.2, -0.15) is 15.2 Å². The van der Waals surface area contributed by atoms with Gasteiger partial charge in [-0.15, -0.1) is 6.42 Å². The van der Waals surface area contributed by atoms with Crippen molar-refractivity contribution in [1.82, 2.24) is 19.8 Å². The molecule has 0 saturated carbocycles. The van der Waals surface area contributed by atoms with Gasteiger partial charge in [0, 0.05) is 74.6 Å². The second-order valence-electron chi connectivity index (χ2n) is 16.7. The number of rotatable bonds is 8. The molecule has 2 bridgehead atoms. The van der Waals surface area contributed by atoms with Crippen LogP contribution in [0.4, 0.5) is 20.3 Å². The first-order chi connectivity index (χ1) is 26.9. The lowest BCUT2D eigenvalue weighted by atomic mass is 9.71. The monoisotopic (exact) mass is 765 g/mol. The molecule has 0 radical (unpaired) electrons. The Hall–Kier alpha value is -4.98. The van der Waals surface area contributed by atoms with Gasteiger partial charge < -0.3 is 29.3 Å². The van der Waals surface area contributed by atoms with Crippen LogP contribution in [0.3, 0.4) is 0 Å². The third-order valence-electron chi connectivity index (χ3n) is 13.2. The Balaban J connectivity index is 1.20. The molecule has 1 N–H and O–H groups in total. The molecule has 0 aliphatic carbocycles. The summed E-state index contributed by atoms with van der Waals surface area (Å²) >= 11 is 0. The van der Waals surface area contributed by atoms with E-state index in [9.17, 15) is 15.2 Å². The zero-order valence-electron chi connectivity index (χ0n) is 32.3. The average Bonchev–Trinajstić information content (AvgIpc) is 3.65. The molecule has 11 nitrogen and oxygen atoms in total. The Kier molecular flexibility index (Phi) is 9.82. The molecule has 4 fully saturated rings. The number of terminal acetylenes is 1. The number of likely N-dealkylation sites (tertiary alicyclic amines) is 1. The molecule has 1 aromatic heterocycles. The highest BCUT2D eigenvalue weighted by atomic mass is 19.1. The van der Waals surface area contributed by atoms with Crippen molar-refractivity contribution in [1.29, 1.82) is 5.26 Å². The summed E-state index contributed by atoms with van der Waals surface area (Å²) in [6, 6.07) is 8.68. The maximum absolute atomic E-state index is 15.6. The van der Waals surface area contributed by atoms with Gasteiger partial charge in [-0.05, 0) is 69.0 Å². The molecule has 5 aliphatic rings. The van der Waals surface area contributed by atoms with Gasteiger partial charge in [-0.25, -0.2) is 8.78 Å². The Bertz CT molecular complexity index is 2140. The number of ether oxygens (including phenoxy) is 2. The van der Waals surface area contributed by atoms with Crippen LogP contribution in [0.15, 0.2) is 36.9 Å². The maximum Gasteiger partial charge on any atom is 0.318 e. The number of amides is 1. The van der Waals surface area contributed by atoms with E-state index in [1.807, 2.05) is 23.6 Å². The van der Waals surface area contributed by atoms with E-state index >= 15 is 8.78 Å². The lowest BCUT2D eigenvalue weighted by molar-refractivity contribution is -0.129. The van der Waals surface area contributed by atoms with Crippen molar-refractivity contribution >= 4 is 28.2 Å². The number of hydrogen-bond acceptors (Lipinski definition) is 10. The normalized spacial score (nSPS) is 26.9. The van der Waals surface area contributed by atoms with E-state index in [2.05, 4.69) is 35.3 Å². The lowest BCUT2D eigenvalue weighted by Gasteiger charge is -2.49. The molecule has 0 spiro atoms. The number of nitriles is 1. The number of aromatic nitrogens is 2. The molecule has 6 heterocycles. The average molecular weight is 766 g/mol. The van der Waals surface area contributed by atoms with Gasteiger partial charge in [0.15, 0.2) is 0 Å². The molecule has 1 amide bonds. The molecule has 2 aromatic carbocycles. The molecule has 3 aromatic rings. The zero-order valence-corrected chi connectivity index (χ0v) is 32.3. The first-order valence-corrected chi connectivity index (χ1v) is 19.7. The number of halogens is 2. The fourth-order valence-corrected chi connectivity index (χ4v) is 10.2. The van der Waals surface area contributed by atoms with E-state index in [0.29, 0.717) is 61.4 Å². The van der Waals surface area contributed by atoms with E-state index in [0.717, 1.165) is 30.6 Å². The largest absolute Gasteiger partial charge is 0.508 e. The number of nitrogens with zero attached hydrogens (tertiary/aromatic N) is 7. The number of carbonyl (C=O) groups excluding carboxylic acids is 1. The summed E-state index contributed by atoms with van der Waals surface area (Å²) in [4.78, 5) is 31.5. The standard InChI is InChI=1S/C43H49F2N7O4/c1-6-32-34(45)9-8-27-17-31(53)18-36(39(27)32)49-13-10-33-35(22-49)47-41(48-40(33)50-21-30-16-26(3)37(23-50)52(30)38(54)7-2)56-25-43(42(4,5)24-46)19-28(44)20-51(43)29-11-14-55-15-12-29/h1,7-9,17-18,26,28-30,37,53H,2,10-16,19-23,25H2,3-5H3/t26?,28-,30+,37+,43+/m1/s1. The van der Waals surface area contributed by atoms with Crippen LogP contribution in [0.2, 0.25) is 0 Å². The van der Waals surface area contributed by atoms with Crippen molar-refractivity contribution in [2.45, 2.75) is 89.3 Å². The number of fused-ring (bicyclic) bond motifs is 4. The van der Waals surface area contributed by atoms with E-state index < -0.39 is 22.9 Å². The van der Waals surface area contributed by atoms with Crippen LogP contribution in [0.25, 0.3) is 10.8 Å². The second kappa shape index (κ2) is 14.5. The molecule has 13 heteroatoms. The summed E-state index contributed by atoms with van der Waals surface area (Å²) in [6.07, 6.45) is 9.09. The Morgan fingerprint density at radius 1 is 1.20 bits per heavy atom. The van der Waals surface area contributed by atoms with E-state index in [1.165, 1.54) is 12.1 Å². The van der Waals surface area contributed by atoms with Crippen LogP contribution in [-0.2, 0) is 22.5 Å². The zero-order chi connectivity index (χ0) is 39.5. The molecular weight excluding hydrogens is 717 g/mol. The third-order valence-corrected chi connectivity index (χ3v) is 13.2. The van der Waals surface area contributed by atoms with Gasteiger partial charge in [0.1, 0.15) is 30.2 Å². The molecule has 56 heavy (non-hydrogen) atoms. The van der Waals surface area contributed by atoms with E-state index in [1.54, 1.807) is 18.2 Å². The number of anilines is 2. The third kappa shape index (κ3) is 6.29. The van der Waals surface area contributed by atoms with Crippen LogP contribution in [0.5, 0.6) is 11.8 Å². The summed E-state index contributed by atoms with van der Waals surface area (Å²) < 4.78 is 43.0. The van der Waals surface area contributed by atoms with Crippen molar-refractivity contribution in [3.63, 3.8) is 0 Å². The number of hydrogen-bond donors (Lipinski definition) is 1. The minimum atomic E-state index is -1.13. The predicted molar refractivity (Wildman–Crippen MR) is 209 cm³/mol. The number of phenols is 1. The van der Waals surface area contributed by atoms with Crippen molar-refractivity contribution in [2.24, 2.45) is 11.3 Å². The van der Waals surface area contributed by atoms with Gasteiger partial charge in [0.05, 0.1) is 46.9 Å². The molecule has 5 aliphatic heterocycles. The summed E-state index contributed by atoms with van der Waals surface area (Å²) in [5.74, 6) is 2.95. The van der Waals surface area contributed by atoms with Crippen molar-refractivity contribution in [3.05, 3.63) is 59.6 Å². The van der Waals surface area contributed by atoms with Gasteiger partial charge in [-0.3, -0.25) is 9.69 Å². The second-order valence-corrected chi connectivity index (χ2v) is 16.7. The number of alkyl halides is 1. The number of aromatic hydroxyl groups is 1. The molecular formula is C43H49F2N7O4. The summed E-state index contributed by atoms with van der Waals surface area (Å²) in [6.45, 7) is 12.9. The van der Waals surface area contributed by atoms with Gasteiger partial charge in [-0.1, -0.05) is 25.5 Å². The lowest BCUT2D eigenvalue weighted by Crippen LogP contribution is -2.61. The summed E-state index contributed by atoms with van der Waals surface area (Å²) in [7, 11) is 0. The topological polar surface area (TPSA) is 118 Å². The quantitative estimate of drug-likeness (QED) is 0.232. The first-order valence-electron chi connectivity index (χ1n) is 19.7. The van der Waals surface area contributed by atoms with Crippen molar-refractivity contribution < 1.29 is 28.2 Å². The highest BCUT2D eigenvalue weighted by molar-refractivity contribution is 6.00. The first kappa shape index (κ1) is 37.9. The van der Waals surface area contributed by atoms with Crippen molar-refractivity contribution in [3.8, 4) is 30.2 Å². The van der Waals surface area contributed by atoms with Crippen LogP contribution in [0.1, 0.15) is 63.3 Å². The van der Waals surface area contributed by atoms with E-state index in [4.69, 9.17) is 25.9 Å². The number of piperazine rings is 1. The van der Waals surface area contributed by atoms with Crippen LogP contribution < -0.4 is 14.5 Å². The summed E-state index contributed by atoms with van der Waals surface area (Å²) in [5.41, 5.74) is 0.402. The van der Waals surface area contributed by atoms with E-state index in [-0.39, 0.29) is 73.4 Å². The minimum absolute atomic E-state index is 0.000815. The predicted octanol–water partition coefficient (Wildman–Crippen LogP) is 5.52. The number of phenolic OH excluding ortho intramolecular Hbond substituents is 1. The fraction of sp³-hybridized carbons (Fsp3) is 0.535. The fourth-order valence-electron chi connectivity index (χ4n) is 10.2. The highest BCUT2D eigenvalue weighted by Crippen LogP contribution is 2.48. The minimum Gasteiger partial charge on any atom is -0.508 e. The van der Waals surface area contributed by atoms with Gasteiger partial charge >= 0.3 is 6.01 Å². The Morgan fingerprint density at radius 3 is 2.70 bits per heavy atom. The number of benzene rings is 2. The van der Waals surface area contributed by atoms with Crippen LogP contribution in [-0.4, -0.2) is 107 Å². The van der Waals surface area contributed by atoms with Crippen LogP contribution >= 0.6 is 0 Å². The number of carbonyl (C=O) groups is 1. The van der Waals surface area contributed by atoms with Gasteiger partial charge in [0.25, 0.3) is 0 Å². The van der Waals surface area contributed by atoms with Gasteiger partial charge in [0.2, 0.25) is 5.91 Å². The molecule has 5 atom stereocenters. The maximum atomic E-state index is 15.6.